The van der Waals surface area contributed by atoms with Gasteiger partial charge in [0.2, 0.25) is 6.79 Å². The summed E-state index contributed by atoms with van der Waals surface area (Å²) in [5.74, 6) is 1.62. The molecule has 0 spiro atoms. The molecule has 29 heavy (non-hydrogen) atoms. The number of aryl methyl sites for hydroxylation is 1. The molecule has 1 saturated carbocycles. The van der Waals surface area contributed by atoms with Crippen LogP contribution < -0.4 is 15.0 Å². The second-order valence-corrected chi connectivity index (χ2v) is 8.05. The zero-order valence-electron chi connectivity index (χ0n) is 16.6. The van der Waals surface area contributed by atoms with E-state index in [-0.39, 0.29) is 12.4 Å². The largest absolute Gasteiger partial charge is 0.454 e. The maximum absolute atomic E-state index is 12.6. The van der Waals surface area contributed by atoms with Crippen molar-refractivity contribution >= 4 is 5.65 Å². The molecular formula is C23H25N3O3. The molecule has 3 heterocycles. The van der Waals surface area contributed by atoms with Crippen LogP contribution in [0, 0.1) is 6.92 Å². The molecule has 0 bridgehead atoms. The lowest BCUT2D eigenvalue weighted by atomic mass is 10.1. The summed E-state index contributed by atoms with van der Waals surface area (Å²) in [6.45, 7) is 3.73. The smallest absolute Gasteiger partial charge is 0.258 e. The first kappa shape index (κ1) is 18.2. The average molecular weight is 391 g/mol. The van der Waals surface area contributed by atoms with Crippen LogP contribution in [0.2, 0.25) is 0 Å². The summed E-state index contributed by atoms with van der Waals surface area (Å²) in [5, 5.41) is 0. The van der Waals surface area contributed by atoms with Gasteiger partial charge in [-0.15, -0.1) is 0 Å². The van der Waals surface area contributed by atoms with Crippen molar-refractivity contribution in [2.75, 3.05) is 6.79 Å². The molecule has 2 aromatic heterocycles. The van der Waals surface area contributed by atoms with E-state index in [9.17, 15) is 4.79 Å². The van der Waals surface area contributed by atoms with Crippen molar-refractivity contribution in [2.45, 2.75) is 51.7 Å². The highest BCUT2D eigenvalue weighted by atomic mass is 16.7. The molecule has 0 atom stereocenters. The van der Waals surface area contributed by atoms with Crippen molar-refractivity contribution in [3.8, 4) is 11.5 Å². The van der Waals surface area contributed by atoms with Gasteiger partial charge in [0.25, 0.3) is 5.56 Å². The molecule has 6 nitrogen and oxygen atoms in total. The van der Waals surface area contributed by atoms with Crippen LogP contribution in [0.4, 0.5) is 0 Å². The van der Waals surface area contributed by atoms with Crippen LogP contribution >= 0.6 is 0 Å². The third-order valence-corrected chi connectivity index (χ3v) is 5.89. The highest BCUT2D eigenvalue weighted by molar-refractivity contribution is 5.44. The fraction of sp³-hybridized carbons (Fsp3) is 0.391. The molecule has 2 aliphatic rings. The van der Waals surface area contributed by atoms with Crippen LogP contribution in [0.5, 0.6) is 11.5 Å². The maximum Gasteiger partial charge on any atom is 0.258 e. The van der Waals surface area contributed by atoms with Crippen molar-refractivity contribution in [3.05, 3.63) is 69.8 Å². The number of hydrogen-bond donors (Lipinski definition) is 0. The van der Waals surface area contributed by atoms with Gasteiger partial charge >= 0.3 is 0 Å². The average Bonchev–Trinajstić information content (AvgIpc) is 3.40. The van der Waals surface area contributed by atoms with Gasteiger partial charge in [-0.05, 0) is 49.1 Å². The fourth-order valence-electron chi connectivity index (χ4n) is 4.40. The Bertz CT molecular complexity index is 1100. The van der Waals surface area contributed by atoms with Gasteiger partial charge in [0.05, 0.1) is 5.69 Å². The van der Waals surface area contributed by atoms with Crippen molar-refractivity contribution in [3.63, 3.8) is 0 Å². The first-order valence-corrected chi connectivity index (χ1v) is 10.3. The lowest BCUT2D eigenvalue weighted by Gasteiger charge is -2.28. The number of nitrogens with zero attached hydrogens (tertiary/aromatic N) is 3. The van der Waals surface area contributed by atoms with Gasteiger partial charge in [0.15, 0.2) is 11.5 Å². The molecule has 0 N–H and O–H groups in total. The number of pyridine rings is 1. The maximum atomic E-state index is 12.6. The van der Waals surface area contributed by atoms with Crippen LogP contribution in [0.3, 0.4) is 0 Å². The molecule has 3 aromatic rings. The lowest BCUT2D eigenvalue weighted by molar-refractivity contribution is 0.173. The summed E-state index contributed by atoms with van der Waals surface area (Å²) in [5.41, 5.74) is 3.74. The van der Waals surface area contributed by atoms with Crippen LogP contribution in [0.25, 0.3) is 5.65 Å². The highest BCUT2D eigenvalue weighted by Crippen LogP contribution is 2.34. The van der Waals surface area contributed by atoms with Crippen LogP contribution in [0.1, 0.15) is 42.5 Å². The van der Waals surface area contributed by atoms with E-state index in [4.69, 9.17) is 14.5 Å². The molecule has 1 aromatic carbocycles. The van der Waals surface area contributed by atoms with Crippen molar-refractivity contribution in [2.24, 2.45) is 0 Å². The Hall–Kier alpha value is -2.86. The second kappa shape index (κ2) is 7.52. The Labute approximate surface area is 169 Å². The Kier molecular flexibility index (Phi) is 4.72. The lowest BCUT2D eigenvalue weighted by Crippen LogP contribution is -2.33. The van der Waals surface area contributed by atoms with Gasteiger partial charge < -0.3 is 9.47 Å². The molecule has 0 unspecified atom stereocenters. The molecule has 6 heteroatoms. The van der Waals surface area contributed by atoms with E-state index in [0.717, 1.165) is 29.3 Å². The summed E-state index contributed by atoms with van der Waals surface area (Å²) in [4.78, 5) is 19.8. The van der Waals surface area contributed by atoms with E-state index in [1.807, 2.05) is 31.3 Å². The third kappa shape index (κ3) is 3.72. The number of aromatic nitrogens is 2. The SMILES string of the molecule is Cc1ccc2nc(CN(Cc3ccc4c(c3)OCO4)C3CCCC3)cc(=O)n2c1. The molecular weight excluding hydrogens is 366 g/mol. The van der Waals surface area contributed by atoms with Gasteiger partial charge in [-0.3, -0.25) is 14.1 Å². The standard InChI is InChI=1S/C23H25N3O3/c1-16-6-9-22-24-18(11-23(27)26(22)12-16)14-25(19-4-2-3-5-19)13-17-7-8-20-21(10-17)29-15-28-20/h6-12,19H,2-5,13-15H2,1H3. The van der Waals surface area contributed by atoms with E-state index >= 15 is 0 Å². The minimum atomic E-state index is -0.0249. The molecule has 5 rings (SSSR count). The van der Waals surface area contributed by atoms with Crippen LogP contribution in [-0.2, 0) is 13.1 Å². The summed E-state index contributed by atoms with van der Waals surface area (Å²) < 4.78 is 12.6. The Morgan fingerprint density at radius 3 is 2.76 bits per heavy atom. The van der Waals surface area contributed by atoms with E-state index in [1.165, 1.54) is 31.2 Å². The number of hydrogen-bond acceptors (Lipinski definition) is 5. The van der Waals surface area contributed by atoms with E-state index in [0.29, 0.717) is 18.2 Å². The number of benzene rings is 1. The van der Waals surface area contributed by atoms with Crippen molar-refractivity contribution < 1.29 is 9.47 Å². The molecule has 150 valence electrons. The Morgan fingerprint density at radius 1 is 1.07 bits per heavy atom. The van der Waals surface area contributed by atoms with Gasteiger partial charge in [0.1, 0.15) is 5.65 Å². The number of rotatable bonds is 5. The monoisotopic (exact) mass is 391 g/mol. The van der Waals surface area contributed by atoms with Crippen LogP contribution in [0.15, 0.2) is 47.4 Å². The van der Waals surface area contributed by atoms with Crippen LogP contribution in [-0.4, -0.2) is 27.1 Å². The van der Waals surface area contributed by atoms with E-state index in [2.05, 4.69) is 17.0 Å². The van der Waals surface area contributed by atoms with E-state index in [1.54, 1.807) is 10.5 Å². The summed E-state index contributed by atoms with van der Waals surface area (Å²) in [6, 6.07) is 12.2. The first-order chi connectivity index (χ1) is 14.2. The topological polar surface area (TPSA) is 56.1 Å². The highest BCUT2D eigenvalue weighted by Gasteiger charge is 2.24. The molecule has 0 amide bonds. The van der Waals surface area contributed by atoms with Gasteiger partial charge in [-0.2, -0.15) is 0 Å². The van der Waals surface area contributed by atoms with Crippen molar-refractivity contribution in [1.29, 1.82) is 0 Å². The van der Waals surface area contributed by atoms with Gasteiger partial charge in [-0.25, -0.2) is 4.98 Å². The van der Waals surface area contributed by atoms with Gasteiger partial charge in [0, 0.05) is 31.4 Å². The normalized spacial score (nSPS) is 16.2. The zero-order chi connectivity index (χ0) is 19.8. The fourth-order valence-corrected chi connectivity index (χ4v) is 4.40. The predicted octanol–water partition coefficient (Wildman–Crippen LogP) is 3.68. The zero-order valence-corrected chi connectivity index (χ0v) is 16.6. The number of ether oxygens (including phenoxy) is 2. The summed E-state index contributed by atoms with van der Waals surface area (Å²) in [7, 11) is 0. The van der Waals surface area contributed by atoms with Crippen molar-refractivity contribution in [1.82, 2.24) is 14.3 Å². The molecule has 0 saturated heterocycles. The third-order valence-electron chi connectivity index (χ3n) is 5.89. The molecule has 1 fully saturated rings. The minimum absolute atomic E-state index is 0.0249. The quantitative estimate of drug-likeness (QED) is 0.664. The minimum Gasteiger partial charge on any atom is -0.454 e. The number of fused-ring (bicyclic) bond motifs is 2. The Morgan fingerprint density at radius 2 is 1.90 bits per heavy atom. The Balaban J connectivity index is 1.43. The second-order valence-electron chi connectivity index (χ2n) is 8.05. The molecule has 1 aliphatic heterocycles. The first-order valence-electron chi connectivity index (χ1n) is 10.3. The predicted molar refractivity (Wildman–Crippen MR) is 110 cm³/mol. The molecule has 0 radical (unpaired) electrons. The molecule has 1 aliphatic carbocycles. The summed E-state index contributed by atoms with van der Waals surface area (Å²) in [6.07, 6.45) is 6.74. The summed E-state index contributed by atoms with van der Waals surface area (Å²) >= 11 is 0. The van der Waals surface area contributed by atoms with Gasteiger partial charge in [-0.1, -0.05) is 25.0 Å². The van der Waals surface area contributed by atoms with E-state index < -0.39 is 0 Å².